The molecule has 2 aliphatic rings. The van der Waals surface area contributed by atoms with Crippen LogP contribution in [-0.4, -0.2) is 62.0 Å². The summed E-state index contributed by atoms with van der Waals surface area (Å²) in [6.45, 7) is 3.81. The van der Waals surface area contributed by atoms with Crippen LogP contribution in [0.15, 0.2) is 24.3 Å². The van der Waals surface area contributed by atoms with E-state index in [-0.39, 0.29) is 42.4 Å². The van der Waals surface area contributed by atoms with Crippen LogP contribution in [0.3, 0.4) is 0 Å². The van der Waals surface area contributed by atoms with Crippen LogP contribution >= 0.6 is 11.3 Å². The molecule has 3 N–H and O–H groups in total. The molecule has 2 aromatic rings. The Hall–Kier alpha value is -2.43. The van der Waals surface area contributed by atoms with E-state index in [1.165, 1.54) is 18.3 Å². The lowest BCUT2D eigenvalue weighted by Crippen LogP contribution is -2.36. The van der Waals surface area contributed by atoms with E-state index >= 15 is 0 Å². The van der Waals surface area contributed by atoms with Gasteiger partial charge in [0.1, 0.15) is 23.5 Å². The first kappa shape index (κ1) is 25.7. The average Bonchev–Trinajstić information content (AvgIpc) is 3.34. The molecule has 1 aromatic carbocycles. The van der Waals surface area contributed by atoms with Gasteiger partial charge in [0.05, 0.1) is 22.6 Å². The van der Waals surface area contributed by atoms with Crippen LogP contribution in [0.4, 0.5) is 5.00 Å². The zero-order valence-electron chi connectivity index (χ0n) is 20.0. The molecule has 0 spiro atoms. The van der Waals surface area contributed by atoms with Gasteiger partial charge >= 0.3 is 0 Å². The van der Waals surface area contributed by atoms with Crippen molar-refractivity contribution in [1.29, 1.82) is 0 Å². The monoisotopic (exact) mass is 520 g/mol. The number of benzene rings is 1. The van der Waals surface area contributed by atoms with Crippen molar-refractivity contribution in [3.63, 3.8) is 0 Å². The number of anilines is 1. The minimum atomic E-state index is -3.10. The van der Waals surface area contributed by atoms with E-state index in [9.17, 15) is 23.1 Å². The van der Waals surface area contributed by atoms with E-state index in [1.54, 1.807) is 24.3 Å². The fraction of sp³-hybridized carbons (Fsp3) is 0.520. The third kappa shape index (κ3) is 6.23. The number of sulfone groups is 1. The Balaban J connectivity index is 1.44. The largest absolute Gasteiger partial charge is 0.490 e. The van der Waals surface area contributed by atoms with Crippen molar-refractivity contribution in [3.8, 4) is 5.75 Å². The van der Waals surface area contributed by atoms with Gasteiger partial charge in [-0.15, -0.1) is 11.3 Å². The van der Waals surface area contributed by atoms with Crippen molar-refractivity contribution in [2.24, 2.45) is 5.92 Å². The van der Waals surface area contributed by atoms with E-state index in [4.69, 9.17) is 4.74 Å². The highest BCUT2D eigenvalue weighted by atomic mass is 32.2. The first-order valence-electron chi connectivity index (χ1n) is 11.9. The molecule has 1 amide bonds. The van der Waals surface area contributed by atoms with Crippen molar-refractivity contribution in [2.45, 2.75) is 51.7 Å². The molecule has 1 aliphatic carbocycles. The molecule has 3 unspecified atom stereocenters. The van der Waals surface area contributed by atoms with Gasteiger partial charge in [0.25, 0.3) is 5.91 Å². The number of rotatable bonds is 9. The number of Topliss-reactive ketones (excluding diaryl/α,β-unsaturated/α-hetero) is 1. The normalized spacial score (nSPS) is 21.7. The number of hydrogen-bond donors (Lipinski definition) is 3. The molecule has 190 valence electrons. The number of para-hydroxylation sites is 1. The van der Waals surface area contributed by atoms with Gasteiger partial charge in [0, 0.05) is 17.5 Å². The Morgan fingerprint density at radius 1 is 1.26 bits per heavy atom. The van der Waals surface area contributed by atoms with Crippen molar-refractivity contribution >= 4 is 37.9 Å². The highest BCUT2D eigenvalue weighted by Gasteiger charge is 2.32. The number of carbonyl (C=O) groups excluding carboxylic acids is 2. The second-order valence-corrected chi connectivity index (χ2v) is 12.9. The molecule has 1 saturated heterocycles. The Morgan fingerprint density at radius 2 is 2.03 bits per heavy atom. The van der Waals surface area contributed by atoms with Gasteiger partial charge < -0.3 is 20.5 Å². The van der Waals surface area contributed by atoms with Crippen molar-refractivity contribution in [2.75, 3.05) is 30.0 Å². The summed E-state index contributed by atoms with van der Waals surface area (Å²) in [4.78, 5) is 26.2. The number of carbonyl (C=O) groups is 2. The summed E-state index contributed by atoms with van der Waals surface area (Å²) >= 11 is 1.53. The highest BCUT2D eigenvalue weighted by Crippen LogP contribution is 2.39. The lowest BCUT2D eigenvalue weighted by Gasteiger charge is -2.19. The van der Waals surface area contributed by atoms with Crippen LogP contribution in [0.2, 0.25) is 0 Å². The molecule has 0 saturated carbocycles. The quantitative estimate of drug-likeness (QED) is 0.435. The maximum atomic E-state index is 13.2. The van der Waals surface area contributed by atoms with Gasteiger partial charge in [-0.3, -0.25) is 9.59 Å². The molecule has 8 nitrogen and oxygen atoms in total. The minimum Gasteiger partial charge on any atom is -0.490 e. The number of aliphatic hydroxyl groups is 1. The van der Waals surface area contributed by atoms with E-state index in [0.29, 0.717) is 34.2 Å². The lowest BCUT2D eigenvalue weighted by molar-refractivity contribution is 0.0940. The lowest BCUT2D eigenvalue weighted by atomic mass is 9.88. The number of amides is 1. The smallest absolute Gasteiger partial charge is 0.254 e. The Kier molecular flexibility index (Phi) is 7.83. The Bertz CT molecular complexity index is 1210. The molecule has 4 rings (SSSR count). The summed E-state index contributed by atoms with van der Waals surface area (Å²) in [5, 5.41) is 17.4. The Morgan fingerprint density at radius 3 is 2.74 bits per heavy atom. The fourth-order valence-electron chi connectivity index (χ4n) is 4.62. The van der Waals surface area contributed by atoms with Crippen molar-refractivity contribution in [3.05, 3.63) is 45.8 Å². The third-order valence-electron chi connectivity index (χ3n) is 6.50. The van der Waals surface area contributed by atoms with Gasteiger partial charge in [0.15, 0.2) is 15.6 Å². The van der Waals surface area contributed by atoms with Gasteiger partial charge in [-0.25, -0.2) is 8.42 Å². The van der Waals surface area contributed by atoms with E-state index in [2.05, 4.69) is 17.6 Å². The third-order valence-corrected chi connectivity index (χ3v) is 9.48. The first-order chi connectivity index (χ1) is 16.6. The number of hydrogen-bond acceptors (Lipinski definition) is 8. The summed E-state index contributed by atoms with van der Waals surface area (Å²) in [7, 11) is -3.10. The molecular formula is C25H32N2O6S2. The highest BCUT2D eigenvalue weighted by molar-refractivity contribution is 7.91. The van der Waals surface area contributed by atoms with Crippen molar-refractivity contribution in [1.82, 2.24) is 5.32 Å². The summed E-state index contributed by atoms with van der Waals surface area (Å²) < 4.78 is 29.3. The predicted molar refractivity (Wildman–Crippen MR) is 136 cm³/mol. The molecule has 2 heterocycles. The van der Waals surface area contributed by atoms with Crippen LogP contribution in [0.5, 0.6) is 5.75 Å². The summed E-state index contributed by atoms with van der Waals surface area (Å²) in [5.41, 5.74) is 2.05. The Labute approximate surface area is 210 Å². The number of aliphatic hydroxyl groups excluding tert-OH is 1. The molecule has 3 atom stereocenters. The first-order valence-corrected chi connectivity index (χ1v) is 14.6. The molecule has 1 fully saturated rings. The minimum absolute atomic E-state index is 0.0130. The molecule has 0 radical (unpaired) electrons. The van der Waals surface area contributed by atoms with Gasteiger partial charge in [-0.1, -0.05) is 19.1 Å². The van der Waals surface area contributed by atoms with Crippen LogP contribution in [0, 0.1) is 5.92 Å². The van der Waals surface area contributed by atoms with E-state index in [1.807, 2.05) is 0 Å². The molecular weight excluding hydrogens is 488 g/mol. The van der Waals surface area contributed by atoms with Crippen LogP contribution in [0.1, 0.15) is 57.8 Å². The maximum Gasteiger partial charge on any atom is 0.254 e. The summed E-state index contributed by atoms with van der Waals surface area (Å²) in [6.07, 6.45) is 2.25. The summed E-state index contributed by atoms with van der Waals surface area (Å²) in [6, 6.07) is 6.52. The van der Waals surface area contributed by atoms with Crippen LogP contribution in [0.25, 0.3) is 0 Å². The standard InChI is InChI=1S/C25H32N2O6S2/c1-15-7-8-20-22(11-15)34-25(23(20)24(30)27-17-9-10-35(31,32)14-17)26-12-18(29)13-33-21-6-4-3-5-19(21)16(2)28/h3-6,15,17-18,26,29H,7-14H2,1-2H3,(H,27,30). The van der Waals surface area contributed by atoms with E-state index in [0.717, 1.165) is 29.7 Å². The molecule has 10 heteroatoms. The van der Waals surface area contributed by atoms with Gasteiger partial charge in [-0.05, 0) is 56.2 Å². The number of nitrogens with one attached hydrogen (secondary N) is 2. The zero-order valence-corrected chi connectivity index (χ0v) is 21.6. The predicted octanol–water partition coefficient (Wildman–Crippen LogP) is 2.84. The van der Waals surface area contributed by atoms with Gasteiger partial charge in [-0.2, -0.15) is 0 Å². The maximum absolute atomic E-state index is 13.2. The van der Waals surface area contributed by atoms with Crippen molar-refractivity contribution < 1.29 is 27.9 Å². The van der Waals surface area contributed by atoms with Gasteiger partial charge in [0.2, 0.25) is 0 Å². The molecule has 1 aliphatic heterocycles. The molecule has 35 heavy (non-hydrogen) atoms. The second kappa shape index (κ2) is 10.7. The SMILES string of the molecule is CC(=O)c1ccccc1OCC(O)CNc1sc2c(c1C(=O)NC1CCS(=O)(=O)C1)CCC(C)C2. The van der Waals surface area contributed by atoms with Crippen LogP contribution < -0.4 is 15.4 Å². The average molecular weight is 521 g/mol. The topological polar surface area (TPSA) is 122 Å². The number of ketones is 1. The number of thiophene rings is 1. The second-order valence-electron chi connectivity index (χ2n) is 9.53. The van der Waals surface area contributed by atoms with Crippen LogP contribution in [-0.2, 0) is 22.7 Å². The molecule has 1 aromatic heterocycles. The zero-order chi connectivity index (χ0) is 25.2. The molecule has 0 bridgehead atoms. The fourth-order valence-corrected chi connectivity index (χ4v) is 7.71. The number of fused-ring (bicyclic) bond motifs is 1. The number of ether oxygens (including phenoxy) is 1. The van der Waals surface area contributed by atoms with E-state index < -0.39 is 15.9 Å². The summed E-state index contributed by atoms with van der Waals surface area (Å²) in [5.74, 6) is 0.653.